The van der Waals surface area contributed by atoms with Crippen molar-refractivity contribution in [3.63, 3.8) is 0 Å². The highest BCUT2D eigenvalue weighted by molar-refractivity contribution is 6.26. The van der Waals surface area contributed by atoms with E-state index in [1.165, 1.54) is 0 Å². The predicted octanol–water partition coefficient (Wildman–Crippen LogP) is 4.05. The molecule has 2 heterocycles. The van der Waals surface area contributed by atoms with Crippen LogP contribution in [0.15, 0.2) is 23.8 Å². The van der Waals surface area contributed by atoms with Crippen LogP contribution >= 0.6 is 11.6 Å². The Hall–Kier alpha value is -1.45. The van der Waals surface area contributed by atoms with Crippen LogP contribution in [-0.4, -0.2) is 70.9 Å². The number of halogens is 1. The standard InChI is InChI=1S/C31H43ClO8/c1-17-24(33)6-7-28(38-17)39-20-8-10-29(2)19(13-20)4-5-22-23(29)14-25(40-27(35)15-32)30(3)21(9-11-31(22,30)36)18-12-26(34)37-16-18/h6-7,12,17,19-25,28,33,36H,4-5,8-11,13-16H2,1-3H3/t17-,19+,20-,21+,22+,23-,24+,25+,28-,29-,30-,31-/m0/s1. The van der Waals surface area contributed by atoms with Crippen molar-refractivity contribution < 1.29 is 38.7 Å². The molecule has 0 amide bonds. The Kier molecular flexibility index (Phi) is 7.43. The van der Waals surface area contributed by atoms with Gasteiger partial charge in [-0.1, -0.05) is 19.9 Å². The second-order valence-corrected chi connectivity index (χ2v) is 13.9. The highest BCUT2D eigenvalue weighted by Gasteiger charge is 2.72. The van der Waals surface area contributed by atoms with Crippen LogP contribution < -0.4 is 0 Å². The van der Waals surface area contributed by atoms with E-state index in [-0.39, 0.29) is 53.8 Å². The fourth-order valence-electron chi connectivity index (χ4n) is 9.77. The number of aliphatic hydroxyl groups is 2. The Bertz CT molecular complexity index is 1090. The van der Waals surface area contributed by atoms with Crippen LogP contribution in [0, 0.1) is 34.5 Å². The molecule has 9 heteroatoms. The van der Waals surface area contributed by atoms with Gasteiger partial charge < -0.3 is 29.2 Å². The number of hydrogen-bond donors (Lipinski definition) is 2. The van der Waals surface area contributed by atoms with Crippen molar-refractivity contribution in [2.75, 3.05) is 12.5 Å². The zero-order chi connectivity index (χ0) is 28.4. The van der Waals surface area contributed by atoms with Crippen molar-refractivity contribution in [3.05, 3.63) is 23.8 Å². The molecule has 0 unspecified atom stereocenters. The van der Waals surface area contributed by atoms with Gasteiger partial charge in [-0.15, -0.1) is 11.6 Å². The zero-order valence-electron chi connectivity index (χ0n) is 23.7. The molecule has 0 radical (unpaired) electrons. The summed E-state index contributed by atoms with van der Waals surface area (Å²) >= 11 is 5.91. The van der Waals surface area contributed by atoms with E-state index in [4.69, 9.17) is 30.5 Å². The first-order valence-corrected chi connectivity index (χ1v) is 15.6. The van der Waals surface area contributed by atoms with Gasteiger partial charge in [-0.25, -0.2) is 4.79 Å². The van der Waals surface area contributed by atoms with Crippen molar-refractivity contribution >= 4 is 23.5 Å². The minimum absolute atomic E-state index is 0.0258. The molecule has 8 nitrogen and oxygen atoms in total. The van der Waals surface area contributed by atoms with E-state index < -0.39 is 35.5 Å². The van der Waals surface area contributed by atoms with Crippen LogP contribution in [-0.2, 0) is 28.5 Å². The molecule has 6 aliphatic rings. The van der Waals surface area contributed by atoms with Crippen LogP contribution in [0.2, 0.25) is 0 Å². The maximum atomic E-state index is 12.7. The minimum atomic E-state index is -1.02. The number of fused-ring (bicyclic) bond motifs is 5. The molecular formula is C31H43ClO8. The van der Waals surface area contributed by atoms with Crippen molar-refractivity contribution in [2.45, 2.75) is 108 Å². The molecule has 0 spiro atoms. The Morgan fingerprint density at radius 1 is 1.12 bits per heavy atom. The summed E-state index contributed by atoms with van der Waals surface area (Å²) in [5.74, 6) is -0.463. The van der Waals surface area contributed by atoms with E-state index in [0.717, 1.165) is 44.1 Å². The number of carbonyl (C=O) groups excluding carboxylic acids is 2. The lowest BCUT2D eigenvalue weighted by Crippen LogP contribution is -2.67. The van der Waals surface area contributed by atoms with Gasteiger partial charge in [-0.05, 0) is 99.0 Å². The smallest absolute Gasteiger partial charge is 0.331 e. The number of hydrogen-bond acceptors (Lipinski definition) is 8. The van der Waals surface area contributed by atoms with Crippen LogP contribution in [0.1, 0.15) is 72.1 Å². The summed E-state index contributed by atoms with van der Waals surface area (Å²) in [7, 11) is 0. The van der Waals surface area contributed by atoms with Gasteiger partial charge in [0.05, 0.1) is 23.9 Å². The van der Waals surface area contributed by atoms with Crippen LogP contribution in [0.5, 0.6) is 0 Å². The molecule has 0 aromatic carbocycles. The van der Waals surface area contributed by atoms with Gasteiger partial charge in [0.25, 0.3) is 0 Å². The average Bonchev–Trinajstić information content (AvgIpc) is 3.47. The Morgan fingerprint density at radius 3 is 2.62 bits per heavy atom. The van der Waals surface area contributed by atoms with Gasteiger partial charge in [0.1, 0.15) is 18.6 Å². The summed E-state index contributed by atoms with van der Waals surface area (Å²) in [4.78, 5) is 24.6. The second-order valence-electron chi connectivity index (χ2n) is 13.6. The summed E-state index contributed by atoms with van der Waals surface area (Å²) in [5.41, 5.74) is -0.886. The summed E-state index contributed by atoms with van der Waals surface area (Å²) in [6.07, 6.45) is 10.0. The maximum absolute atomic E-state index is 12.7. The highest BCUT2D eigenvalue weighted by Crippen LogP contribution is 2.70. The molecule has 222 valence electrons. The molecule has 4 saturated carbocycles. The fourth-order valence-corrected chi connectivity index (χ4v) is 9.84. The van der Waals surface area contributed by atoms with Gasteiger partial charge in [0.15, 0.2) is 6.29 Å². The molecule has 4 aliphatic carbocycles. The largest absolute Gasteiger partial charge is 0.461 e. The second kappa shape index (κ2) is 10.4. The molecule has 4 fully saturated rings. The topological polar surface area (TPSA) is 112 Å². The first-order valence-electron chi connectivity index (χ1n) is 15.0. The number of rotatable bonds is 5. The van der Waals surface area contributed by atoms with Gasteiger partial charge >= 0.3 is 11.9 Å². The molecule has 2 N–H and O–H groups in total. The Morgan fingerprint density at radius 2 is 1.93 bits per heavy atom. The number of ether oxygens (including phenoxy) is 4. The molecule has 12 atom stereocenters. The molecule has 40 heavy (non-hydrogen) atoms. The van der Waals surface area contributed by atoms with Crippen molar-refractivity contribution in [2.24, 2.45) is 34.5 Å². The minimum Gasteiger partial charge on any atom is -0.461 e. The van der Waals surface area contributed by atoms with Crippen molar-refractivity contribution in [1.82, 2.24) is 0 Å². The number of esters is 2. The normalized spacial score (nSPS) is 49.9. The molecule has 2 aliphatic heterocycles. The van der Waals surface area contributed by atoms with Crippen molar-refractivity contribution in [1.29, 1.82) is 0 Å². The van der Waals surface area contributed by atoms with E-state index in [2.05, 4.69) is 13.8 Å². The number of alkyl halides is 1. The fraction of sp³-hybridized carbons (Fsp3) is 0.806. The van der Waals surface area contributed by atoms with Crippen LogP contribution in [0.4, 0.5) is 0 Å². The van der Waals surface area contributed by atoms with Gasteiger partial charge in [-0.2, -0.15) is 0 Å². The number of carbonyl (C=O) groups is 2. The van der Waals surface area contributed by atoms with E-state index in [0.29, 0.717) is 18.8 Å². The number of cyclic esters (lactones) is 1. The lowest BCUT2D eigenvalue weighted by molar-refractivity contribution is -0.255. The first-order chi connectivity index (χ1) is 19.0. The van der Waals surface area contributed by atoms with Crippen LogP contribution in [0.3, 0.4) is 0 Å². The highest BCUT2D eigenvalue weighted by atomic mass is 35.5. The predicted molar refractivity (Wildman–Crippen MR) is 146 cm³/mol. The maximum Gasteiger partial charge on any atom is 0.331 e. The summed E-state index contributed by atoms with van der Waals surface area (Å²) in [5, 5.41) is 22.6. The first kappa shape index (κ1) is 28.7. The zero-order valence-corrected chi connectivity index (χ0v) is 24.5. The molecule has 0 aromatic rings. The van der Waals surface area contributed by atoms with E-state index >= 15 is 0 Å². The lowest BCUT2D eigenvalue weighted by atomic mass is 9.42. The van der Waals surface area contributed by atoms with E-state index in [1.807, 2.05) is 6.92 Å². The van der Waals surface area contributed by atoms with E-state index in [9.17, 15) is 19.8 Å². The summed E-state index contributed by atoms with van der Waals surface area (Å²) < 4.78 is 23.6. The van der Waals surface area contributed by atoms with Crippen molar-refractivity contribution in [3.8, 4) is 0 Å². The summed E-state index contributed by atoms with van der Waals surface area (Å²) in [6, 6.07) is 0. The Labute approximate surface area is 241 Å². The third-order valence-corrected chi connectivity index (χ3v) is 12.2. The average molecular weight is 579 g/mol. The molecule has 0 bridgehead atoms. The number of aliphatic hydroxyl groups excluding tert-OH is 1. The molecule has 0 aromatic heterocycles. The molecule has 0 saturated heterocycles. The third kappa shape index (κ3) is 4.39. The van der Waals surface area contributed by atoms with E-state index in [1.54, 1.807) is 18.2 Å². The molecule has 6 rings (SSSR count). The summed E-state index contributed by atoms with van der Waals surface area (Å²) in [6.45, 7) is 6.51. The monoisotopic (exact) mass is 578 g/mol. The van der Waals surface area contributed by atoms with Gasteiger partial charge in [0, 0.05) is 11.5 Å². The van der Waals surface area contributed by atoms with Crippen LogP contribution in [0.25, 0.3) is 0 Å². The third-order valence-electron chi connectivity index (χ3n) is 12.0. The molecular weight excluding hydrogens is 536 g/mol. The van der Waals surface area contributed by atoms with Gasteiger partial charge in [-0.3, -0.25) is 4.79 Å². The Balaban J connectivity index is 1.26. The van der Waals surface area contributed by atoms with Gasteiger partial charge in [0.2, 0.25) is 0 Å². The lowest BCUT2D eigenvalue weighted by Gasteiger charge is -2.65. The SMILES string of the molecule is C[C@@H]1O[C@@H](O[C@H]2CC[C@@]3(C)[C@H](CC[C@@H]4[C@@H]3C[C@@H](OC(=O)CCl)[C@]3(C)[C@@H](C5=CC(=O)OC5)CC[C@]43O)C2)C=C[C@H]1O. The quantitative estimate of drug-likeness (QED) is 0.285.